The number of aromatic nitrogens is 1. The first-order valence-corrected chi connectivity index (χ1v) is 10.6. The maximum atomic E-state index is 6.15. The van der Waals surface area contributed by atoms with E-state index in [0.29, 0.717) is 25.0 Å². The minimum Gasteiger partial charge on any atom is -0.473 e. The third kappa shape index (κ3) is 5.08. The Kier molecular flexibility index (Phi) is 6.45. The molecule has 0 bridgehead atoms. The summed E-state index contributed by atoms with van der Waals surface area (Å²) in [6.45, 7) is 2.99. The molecule has 0 aliphatic rings. The van der Waals surface area contributed by atoms with E-state index >= 15 is 0 Å². The molecule has 0 saturated carbocycles. The van der Waals surface area contributed by atoms with Crippen molar-refractivity contribution in [3.05, 3.63) is 112 Å². The zero-order chi connectivity index (χ0) is 20.8. The van der Waals surface area contributed by atoms with Gasteiger partial charge in [-0.1, -0.05) is 82.7 Å². The number of benzene rings is 3. The molecular weight excluding hydrogens is 438 g/mol. The normalized spacial score (nSPS) is 10.6. The molecule has 0 aliphatic heterocycles. The second-order valence-corrected chi connectivity index (χ2v) is 7.93. The quantitative estimate of drug-likeness (QED) is 0.298. The van der Waals surface area contributed by atoms with E-state index in [4.69, 9.17) is 9.47 Å². The number of aryl methyl sites for hydroxylation is 1. The Labute approximate surface area is 185 Å². The van der Waals surface area contributed by atoms with Crippen molar-refractivity contribution in [2.24, 2.45) is 0 Å². The Bertz CT molecular complexity index is 1110. The van der Waals surface area contributed by atoms with E-state index in [0.717, 1.165) is 32.3 Å². The first-order valence-electron chi connectivity index (χ1n) is 9.80. The van der Waals surface area contributed by atoms with Gasteiger partial charge in [-0.2, -0.15) is 4.98 Å². The van der Waals surface area contributed by atoms with Gasteiger partial charge in [0.15, 0.2) is 0 Å². The van der Waals surface area contributed by atoms with E-state index in [1.807, 2.05) is 78.9 Å². The van der Waals surface area contributed by atoms with Crippen molar-refractivity contribution in [3.8, 4) is 22.9 Å². The third-order valence-corrected chi connectivity index (χ3v) is 5.25. The molecule has 4 rings (SSSR count). The van der Waals surface area contributed by atoms with E-state index in [9.17, 15) is 0 Å². The molecule has 150 valence electrons. The Morgan fingerprint density at radius 1 is 0.700 bits per heavy atom. The molecule has 3 nitrogen and oxygen atoms in total. The fourth-order valence-electron chi connectivity index (χ4n) is 3.21. The van der Waals surface area contributed by atoms with Crippen LogP contribution in [0.2, 0.25) is 0 Å². The highest BCUT2D eigenvalue weighted by Crippen LogP contribution is 2.34. The fourth-order valence-corrected chi connectivity index (χ4v) is 3.68. The lowest BCUT2D eigenvalue weighted by molar-refractivity contribution is 0.268. The standard InChI is InChI=1S/C26H22BrNO2/c1-19-16-22(27)12-13-23(19)24-14-15-25(29-17-20-8-4-2-5-9-20)28-26(24)30-18-21-10-6-3-7-11-21/h2-16H,17-18H2,1H3. The van der Waals surface area contributed by atoms with Gasteiger partial charge in [0, 0.05) is 16.1 Å². The molecule has 30 heavy (non-hydrogen) atoms. The topological polar surface area (TPSA) is 31.4 Å². The summed E-state index contributed by atoms with van der Waals surface area (Å²) in [4.78, 5) is 4.69. The predicted molar refractivity (Wildman–Crippen MR) is 124 cm³/mol. The maximum absolute atomic E-state index is 6.15. The van der Waals surface area contributed by atoms with Crippen molar-refractivity contribution in [2.45, 2.75) is 20.1 Å². The number of hydrogen-bond acceptors (Lipinski definition) is 3. The van der Waals surface area contributed by atoms with Crippen molar-refractivity contribution < 1.29 is 9.47 Å². The van der Waals surface area contributed by atoms with Crippen LogP contribution >= 0.6 is 15.9 Å². The van der Waals surface area contributed by atoms with Gasteiger partial charge in [-0.3, -0.25) is 0 Å². The van der Waals surface area contributed by atoms with E-state index < -0.39 is 0 Å². The van der Waals surface area contributed by atoms with Crippen LogP contribution in [-0.2, 0) is 13.2 Å². The Morgan fingerprint density at radius 2 is 1.30 bits per heavy atom. The maximum Gasteiger partial charge on any atom is 0.225 e. The summed E-state index contributed by atoms with van der Waals surface area (Å²) in [7, 11) is 0. The van der Waals surface area contributed by atoms with Gasteiger partial charge in [0.1, 0.15) is 13.2 Å². The SMILES string of the molecule is Cc1cc(Br)ccc1-c1ccc(OCc2ccccc2)nc1OCc1ccccc1. The average molecular weight is 460 g/mol. The van der Waals surface area contributed by atoms with E-state index in [-0.39, 0.29) is 0 Å². The van der Waals surface area contributed by atoms with Gasteiger partial charge in [0.25, 0.3) is 0 Å². The lowest BCUT2D eigenvalue weighted by Gasteiger charge is -2.15. The van der Waals surface area contributed by atoms with Gasteiger partial charge in [-0.05, 0) is 47.4 Å². The van der Waals surface area contributed by atoms with Crippen LogP contribution in [0.1, 0.15) is 16.7 Å². The van der Waals surface area contributed by atoms with Crippen LogP contribution in [0, 0.1) is 6.92 Å². The largest absolute Gasteiger partial charge is 0.473 e. The molecule has 0 amide bonds. The summed E-state index contributed by atoms with van der Waals surface area (Å²) in [5.41, 5.74) is 5.37. The van der Waals surface area contributed by atoms with Crippen LogP contribution in [0.3, 0.4) is 0 Å². The summed E-state index contributed by atoms with van der Waals surface area (Å²) in [5, 5.41) is 0. The molecule has 3 aromatic carbocycles. The molecule has 1 heterocycles. The number of rotatable bonds is 7. The zero-order valence-electron chi connectivity index (χ0n) is 16.7. The number of pyridine rings is 1. The van der Waals surface area contributed by atoms with Crippen LogP contribution in [-0.4, -0.2) is 4.98 Å². The average Bonchev–Trinajstić information content (AvgIpc) is 2.78. The van der Waals surface area contributed by atoms with Gasteiger partial charge in [0.05, 0.1) is 0 Å². The lowest BCUT2D eigenvalue weighted by atomic mass is 10.0. The highest BCUT2D eigenvalue weighted by molar-refractivity contribution is 9.10. The minimum absolute atomic E-state index is 0.443. The second kappa shape index (κ2) is 9.59. The number of hydrogen-bond donors (Lipinski definition) is 0. The smallest absolute Gasteiger partial charge is 0.225 e. The van der Waals surface area contributed by atoms with Crippen molar-refractivity contribution in [2.75, 3.05) is 0 Å². The van der Waals surface area contributed by atoms with Gasteiger partial charge >= 0.3 is 0 Å². The summed E-state index contributed by atoms with van der Waals surface area (Å²) < 4.78 is 13.1. The Hall–Kier alpha value is -3.11. The number of nitrogens with zero attached hydrogens (tertiary/aromatic N) is 1. The van der Waals surface area contributed by atoms with E-state index in [2.05, 4.69) is 40.0 Å². The summed E-state index contributed by atoms with van der Waals surface area (Å²) >= 11 is 3.54. The fraction of sp³-hybridized carbons (Fsp3) is 0.115. The lowest BCUT2D eigenvalue weighted by Crippen LogP contribution is -2.02. The first kappa shape index (κ1) is 20.2. The number of ether oxygens (including phenoxy) is 2. The van der Waals surface area contributed by atoms with Crippen molar-refractivity contribution in [3.63, 3.8) is 0 Å². The van der Waals surface area contributed by atoms with E-state index in [1.165, 1.54) is 0 Å². The van der Waals surface area contributed by atoms with Gasteiger partial charge in [-0.15, -0.1) is 0 Å². The minimum atomic E-state index is 0.443. The Morgan fingerprint density at radius 3 is 1.93 bits per heavy atom. The first-order chi connectivity index (χ1) is 14.7. The molecule has 0 radical (unpaired) electrons. The monoisotopic (exact) mass is 459 g/mol. The molecule has 0 saturated heterocycles. The highest BCUT2D eigenvalue weighted by Gasteiger charge is 2.13. The van der Waals surface area contributed by atoms with Crippen LogP contribution in [0.5, 0.6) is 11.8 Å². The Balaban J connectivity index is 1.62. The van der Waals surface area contributed by atoms with Crippen molar-refractivity contribution >= 4 is 15.9 Å². The predicted octanol–water partition coefficient (Wildman–Crippen LogP) is 6.98. The molecule has 4 aromatic rings. The molecule has 0 aliphatic carbocycles. The molecular formula is C26H22BrNO2. The zero-order valence-corrected chi connectivity index (χ0v) is 18.3. The van der Waals surface area contributed by atoms with Crippen LogP contribution in [0.4, 0.5) is 0 Å². The van der Waals surface area contributed by atoms with Crippen LogP contribution in [0.15, 0.2) is 95.5 Å². The molecule has 0 atom stereocenters. The summed E-state index contributed by atoms with van der Waals surface area (Å²) in [6, 6.07) is 30.3. The molecule has 0 unspecified atom stereocenters. The number of halogens is 1. The molecule has 1 aromatic heterocycles. The van der Waals surface area contributed by atoms with Crippen molar-refractivity contribution in [1.82, 2.24) is 4.98 Å². The van der Waals surface area contributed by atoms with Gasteiger partial charge < -0.3 is 9.47 Å². The molecule has 0 N–H and O–H groups in total. The molecule has 0 fully saturated rings. The van der Waals surface area contributed by atoms with Crippen LogP contribution in [0.25, 0.3) is 11.1 Å². The molecule has 4 heteroatoms. The highest BCUT2D eigenvalue weighted by atomic mass is 79.9. The van der Waals surface area contributed by atoms with Crippen LogP contribution < -0.4 is 9.47 Å². The summed E-state index contributed by atoms with van der Waals surface area (Å²) in [5.74, 6) is 1.11. The molecule has 0 spiro atoms. The van der Waals surface area contributed by atoms with E-state index in [1.54, 1.807) is 0 Å². The third-order valence-electron chi connectivity index (χ3n) is 4.76. The van der Waals surface area contributed by atoms with Crippen molar-refractivity contribution in [1.29, 1.82) is 0 Å². The summed E-state index contributed by atoms with van der Waals surface area (Å²) in [6.07, 6.45) is 0. The van der Waals surface area contributed by atoms with Gasteiger partial charge in [0.2, 0.25) is 11.8 Å². The van der Waals surface area contributed by atoms with Gasteiger partial charge in [-0.25, -0.2) is 0 Å². The second-order valence-electron chi connectivity index (χ2n) is 7.01.